The summed E-state index contributed by atoms with van der Waals surface area (Å²) in [6.45, 7) is 0.484. The summed E-state index contributed by atoms with van der Waals surface area (Å²) >= 11 is 0. The third-order valence-corrected chi connectivity index (χ3v) is 3.85. The molecule has 1 aliphatic heterocycles. The van der Waals surface area contributed by atoms with Gasteiger partial charge in [-0.15, -0.1) is 0 Å². The van der Waals surface area contributed by atoms with Crippen molar-refractivity contribution in [3.63, 3.8) is 0 Å². The maximum absolute atomic E-state index is 11.9. The molecule has 1 unspecified atom stereocenters. The molecule has 0 N–H and O–H groups in total. The van der Waals surface area contributed by atoms with E-state index in [0.717, 1.165) is 29.9 Å². The Morgan fingerprint density at radius 2 is 2.25 bits per heavy atom. The molecule has 1 saturated heterocycles. The third kappa shape index (κ3) is 3.46. The fraction of sp³-hybridized carbons (Fsp3) is 0.467. The van der Waals surface area contributed by atoms with Crippen LogP contribution in [0.2, 0.25) is 0 Å². The van der Waals surface area contributed by atoms with Gasteiger partial charge in [0.1, 0.15) is 13.2 Å². The average Bonchev–Trinajstić information content (AvgIpc) is 2.89. The molecule has 0 saturated carbocycles. The number of rotatable bonds is 5. The first-order valence-corrected chi connectivity index (χ1v) is 7.59. The van der Waals surface area contributed by atoms with Crippen molar-refractivity contribution >= 4 is 22.8 Å². The number of esters is 1. The Kier molecular flexibility index (Phi) is 4.61. The van der Waals surface area contributed by atoms with Crippen LogP contribution in [-0.2, 0) is 20.8 Å². The van der Waals surface area contributed by atoms with Crippen LogP contribution in [0, 0.1) is 10.1 Å². The Bertz CT molecular complexity index is 817. The van der Waals surface area contributed by atoms with Crippen LogP contribution in [0.15, 0.2) is 27.4 Å². The van der Waals surface area contributed by atoms with Gasteiger partial charge in [-0.25, -0.2) is 4.79 Å². The molecule has 128 valence electrons. The number of non-ortho nitro benzene ring substituents is 1. The van der Waals surface area contributed by atoms with Crippen LogP contribution in [0.3, 0.4) is 0 Å². The van der Waals surface area contributed by atoms with Crippen LogP contribution in [0.1, 0.15) is 19.3 Å². The predicted molar refractivity (Wildman–Crippen MR) is 81.7 cm³/mol. The van der Waals surface area contributed by atoms with Crippen molar-refractivity contribution in [2.75, 3.05) is 13.2 Å². The molecule has 2 heterocycles. The molecule has 1 aliphatic rings. The number of aromatic nitrogens is 1. The van der Waals surface area contributed by atoms with Crippen molar-refractivity contribution in [3.8, 4) is 0 Å². The summed E-state index contributed by atoms with van der Waals surface area (Å²) in [6.07, 6.45) is 2.77. The van der Waals surface area contributed by atoms with Crippen molar-refractivity contribution in [3.05, 3.63) is 38.9 Å². The van der Waals surface area contributed by atoms with E-state index in [1.165, 1.54) is 12.1 Å². The number of nitrogens with zero attached hydrogens (tertiary/aromatic N) is 2. The number of carbonyl (C=O) groups is 1. The molecule has 9 heteroatoms. The Balaban J connectivity index is 1.70. The van der Waals surface area contributed by atoms with Crippen molar-refractivity contribution in [2.45, 2.75) is 31.9 Å². The minimum absolute atomic E-state index is 0.0533. The van der Waals surface area contributed by atoms with Gasteiger partial charge in [0.05, 0.1) is 22.6 Å². The fourth-order valence-corrected chi connectivity index (χ4v) is 2.62. The Hall–Kier alpha value is -2.68. The molecular formula is C15H16N2O7. The van der Waals surface area contributed by atoms with Gasteiger partial charge >= 0.3 is 11.7 Å². The fourth-order valence-electron chi connectivity index (χ4n) is 2.62. The van der Waals surface area contributed by atoms with Gasteiger partial charge in [0.25, 0.3) is 5.69 Å². The molecule has 2 aromatic rings. The van der Waals surface area contributed by atoms with E-state index in [0.29, 0.717) is 12.1 Å². The molecule has 9 nitrogen and oxygen atoms in total. The summed E-state index contributed by atoms with van der Waals surface area (Å²) in [6, 6.07) is 3.76. The molecule has 24 heavy (non-hydrogen) atoms. The smallest absolute Gasteiger partial charge is 0.420 e. The predicted octanol–water partition coefficient (Wildman–Crippen LogP) is 1.61. The molecule has 3 rings (SSSR count). The van der Waals surface area contributed by atoms with E-state index in [4.69, 9.17) is 13.9 Å². The van der Waals surface area contributed by atoms with E-state index in [-0.39, 0.29) is 30.5 Å². The van der Waals surface area contributed by atoms with E-state index in [1.54, 1.807) is 0 Å². The highest BCUT2D eigenvalue weighted by molar-refractivity contribution is 5.78. The first-order valence-electron chi connectivity index (χ1n) is 7.59. The number of ether oxygens (including phenoxy) is 2. The molecule has 1 aromatic heterocycles. The third-order valence-electron chi connectivity index (χ3n) is 3.85. The number of oxazole rings is 1. The number of benzene rings is 1. The van der Waals surface area contributed by atoms with E-state index in [1.807, 2.05) is 0 Å². The molecule has 1 atom stereocenters. The van der Waals surface area contributed by atoms with Gasteiger partial charge in [-0.3, -0.25) is 19.5 Å². The second-order valence-corrected chi connectivity index (χ2v) is 5.53. The summed E-state index contributed by atoms with van der Waals surface area (Å²) < 4.78 is 16.7. The number of hydrogen-bond donors (Lipinski definition) is 0. The van der Waals surface area contributed by atoms with Crippen LogP contribution >= 0.6 is 0 Å². The van der Waals surface area contributed by atoms with Gasteiger partial charge in [0.15, 0.2) is 5.58 Å². The van der Waals surface area contributed by atoms with Crippen LogP contribution in [-0.4, -0.2) is 34.8 Å². The molecular weight excluding hydrogens is 320 g/mol. The maximum Gasteiger partial charge on any atom is 0.420 e. The zero-order chi connectivity index (χ0) is 17.1. The number of fused-ring (bicyclic) bond motifs is 1. The lowest BCUT2D eigenvalue weighted by atomic mass is 10.1. The van der Waals surface area contributed by atoms with Crippen molar-refractivity contribution in [1.29, 1.82) is 0 Å². The van der Waals surface area contributed by atoms with Crippen molar-refractivity contribution in [1.82, 2.24) is 4.57 Å². The normalized spacial score (nSPS) is 17.8. The lowest BCUT2D eigenvalue weighted by Crippen LogP contribution is -2.28. The van der Waals surface area contributed by atoms with Gasteiger partial charge in [-0.2, -0.15) is 0 Å². The van der Waals surface area contributed by atoms with E-state index < -0.39 is 16.6 Å². The van der Waals surface area contributed by atoms with E-state index in [9.17, 15) is 19.7 Å². The van der Waals surface area contributed by atoms with E-state index in [2.05, 4.69) is 0 Å². The van der Waals surface area contributed by atoms with Crippen molar-refractivity contribution in [2.24, 2.45) is 0 Å². The van der Waals surface area contributed by atoms with Gasteiger partial charge in [-0.05, 0) is 25.3 Å². The van der Waals surface area contributed by atoms with E-state index >= 15 is 0 Å². The monoisotopic (exact) mass is 336 g/mol. The van der Waals surface area contributed by atoms with Crippen molar-refractivity contribution < 1.29 is 23.6 Å². The zero-order valence-electron chi connectivity index (χ0n) is 12.8. The molecule has 0 spiro atoms. The van der Waals surface area contributed by atoms with Gasteiger partial charge < -0.3 is 13.9 Å². The largest absolute Gasteiger partial charge is 0.462 e. The summed E-state index contributed by atoms with van der Waals surface area (Å²) in [5, 5.41) is 10.7. The number of nitro benzene ring substituents is 1. The Labute approximate surface area is 135 Å². The molecule has 0 radical (unpaired) electrons. The van der Waals surface area contributed by atoms with Gasteiger partial charge in [0.2, 0.25) is 0 Å². The minimum atomic E-state index is -0.767. The number of nitro groups is 1. The van der Waals surface area contributed by atoms with Gasteiger partial charge in [0, 0.05) is 12.7 Å². The van der Waals surface area contributed by atoms with Crippen LogP contribution in [0.25, 0.3) is 11.1 Å². The highest BCUT2D eigenvalue weighted by atomic mass is 16.6. The van der Waals surface area contributed by atoms with Crippen LogP contribution in [0.5, 0.6) is 0 Å². The average molecular weight is 336 g/mol. The summed E-state index contributed by atoms with van der Waals surface area (Å²) in [7, 11) is 0. The zero-order valence-corrected chi connectivity index (χ0v) is 12.8. The maximum atomic E-state index is 11.9. The second-order valence-electron chi connectivity index (χ2n) is 5.53. The lowest BCUT2D eigenvalue weighted by molar-refractivity contribution is -0.384. The highest BCUT2D eigenvalue weighted by Gasteiger charge is 2.19. The number of carbonyl (C=O) groups excluding carboxylic acids is 1. The molecule has 0 bridgehead atoms. The SMILES string of the molecule is O=C(Cn1c(=O)oc2cc([N+](=O)[O-])ccc21)OCC1CCCCO1. The topological polar surface area (TPSA) is 114 Å². The summed E-state index contributed by atoms with van der Waals surface area (Å²) in [5.41, 5.74) is 0.162. The van der Waals surface area contributed by atoms with Crippen LogP contribution < -0.4 is 5.76 Å². The van der Waals surface area contributed by atoms with Gasteiger partial charge in [-0.1, -0.05) is 0 Å². The molecule has 1 aromatic carbocycles. The Morgan fingerprint density at radius 1 is 1.42 bits per heavy atom. The first kappa shape index (κ1) is 16.2. The highest BCUT2D eigenvalue weighted by Crippen LogP contribution is 2.20. The molecule has 0 aliphatic carbocycles. The summed E-state index contributed by atoms with van der Waals surface area (Å²) in [4.78, 5) is 33.9. The summed E-state index contributed by atoms with van der Waals surface area (Å²) in [5.74, 6) is -1.36. The Morgan fingerprint density at radius 3 is 2.96 bits per heavy atom. The quantitative estimate of drug-likeness (QED) is 0.463. The molecule has 0 amide bonds. The standard InChI is InChI=1S/C15H16N2O7/c18-14(23-9-11-3-1-2-6-22-11)8-16-12-5-4-10(17(20)21)7-13(12)24-15(16)19/h4-5,7,11H,1-3,6,8-9H2. The number of hydrogen-bond acceptors (Lipinski definition) is 7. The lowest BCUT2D eigenvalue weighted by Gasteiger charge is -2.22. The van der Waals surface area contributed by atoms with Crippen LogP contribution in [0.4, 0.5) is 5.69 Å². The minimum Gasteiger partial charge on any atom is -0.462 e. The second kappa shape index (κ2) is 6.83. The first-order chi connectivity index (χ1) is 11.5. The molecule has 1 fully saturated rings.